The summed E-state index contributed by atoms with van der Waals surface area (Å²) in [5.41, 5.74) is 4.32. The summed E-state index contributed by atoms with van der Waals surface area (Å²) < 4.78 is 0. The highest BCUT2D eigenvalue weighted by molar-refractivity contribution is 5.75. The molecule has 0 radical (unpaired) electrons. The molecule has 1 aromatic carbocycles. The summed E-state index contributed by atoms with van der Waals surface area (Å²) in [6, 6.07) is 7.90. The molecule has 104 valence electrons. The molecule has 1 aliphatic heterocycles. The van der Waals surface area contributed by atoms with Gasteiger partial charge in [-0.25, -0.2) is 0 Å². The molecule has 0 fully saturated rings. The zero-order chi connectivity index (χ0) is 14.7. The normalized spacial score (nSPS) is 20.2. The minimum absolute atomic E-state index is 0.317. The average molecular weight is 275 g/mol. The Bertz CT molecular complexity index is 687. The van der Waals surface area contributed by atoms with Crippen molar-refractivity contribution in [3.8, 4) is 0 Å². The van der Waals surface area contributed by atoms with Crippen molar-refractivity contribution in [2.24, 2.45) is 0 Å². The largest absolute Gasteiger partial charge is 0.370 e. The highest BCUT2D eigenvalue weighted by Gasteiger charge is 2.19. The van der Waals surface area contributed by atoms with Crippen molar-refractivity contribution in [2.45, 2.75) is 6.04 Å². The van der Waals surface area contributed by atoms with Gasteiger partial charge in [0.15, 0.2) is 0 Å². The van der Waals surface area contributed by atoms with E-state index in [1.165, 1.54) is 11.1 Å². The van der Waals surface area contributed by atoms with E-state index in [9.17, 15) is 4.79 Å². The van der Waals surface area contributed by atoms with Crippen LogP contribution in [0.2, 0.25) is 0 Å². The van der Waals surface area contributed by atoms with Crippen LogP contribution in [0.3, 0.4) is 0 Å². The number of hydrogen-bond acceptors (Lipinski definition) is 2. The minimum atomic E-state index is 0.317. The Kier molecular flexibility index (Phi) is 3.69. The summed E-state index contributed by atoms with van der Waals surface area (Å²) in [5, 5.41) is 0. The number of fused-ring (bicyclic) bond motifs is 1. The third kappa shape index (κ3) is 2.79. The van der Waals surface area contributed by atoms with Crippen LogP contribution in [0.5, 0.6) is 0 Å². The lowest BCUT2D eigenvalue weighted by molar-refractivity contribution is 0.112. The van der Waals surface area contributed by atoms with Gasteiger partial charge in [0, 0.05) is 18.8 Å². The van der Waals surface area contributed by atoms with Gasteiger partial charge in [-0.2, -0.15) is 0 Å². The van der Waals surface area contributed by atoms with E-state index in [-0.39, 0.29) is 0 Å². The average Bonchev–Trinajstić information content (AvgIpc) is 2.55. The van der Waals surface area contributed by atoms with Gasteiger partial charge in [0.05, 0.1) is 6.04 Å². The molecular weight excluding hydrogens is 258 g/mol. The number of benzene rings is 1. The van der Waals surface area contributed by atoms with Crippen molar-refractivity contribution in [2.75, 3.05) is 7.05 Å². The number of allylic oxidation sites excluding steroid dienone is 5. The van der Waals surface area contributed by atoms with Crippen LogP contribution in [0.15, 0.2) is 78.1 Å². The first-order valence-electron chi connectivity index (χ1n) is 7.00. The van der Waals surface area contributed by atoms with Crippen LogP contribution in [0, 0.1) is 0 Å². The predicted molar refractivity (Wildman–Crippen MR) is 86.9 cm³/mol. The lowest BCUT2D eigenvalue weighted by Crippen LogP contribution is -2.30. The van der Waals surface area contributed by atoms with E-state index in [1.54, 1.807) is 0 Å². The quantitative estimate of drug-likeness (QED) is 0.783. The molecule has 0 saturated heterocycles. The maximum atomic E-state index is 10.7. The second-order valence-corrected chi connectivity index (χ2v) is 5.20. The molecule has 0 saturated carbocycles. The van der Waals surface area contributed by atoms with Crippen LogP contribution in [0.25, 0.3) is 6.08 Å². The third-order valence-electron chi connectivity index (χ3n) is 3.79. The Morgan fingerprint density at radius 1 is 1.00 bits per heavy atom. The zero-order valence-corrected chi connectivity index (χ0v) is 11.9. The Balaban J connectivity index is 1.87. The van der Waals surface area contributed by atoms with Gasteiger partial charge < -0.3 is 4.90 Å². The molecule has 1 aromatic rings. The van der Waals surface area contributed by atoms with Crippen LogP contribution in [0.1, 0.15) is 15.9 Å². The van der Waals surface area contributed by atoms with Gasteiger partial charge in [0.1, 0.15) is 6.29 Å². The van der Waals surface area contributed by atoms with Gasteiger partial charge in [-0.1, -0.05) is 60.7 Å². The molecule has 1 heterocycles. The number of likely N-dealkylation sites (N-methyl/N-ethyl adjacent to an activating group) is 1. The maximum Gasteiger partial charge on any atom is 0.150 e. The van der Waals surface area contributed by atoms with E-state index in [1.807, 2.05) is 24.3 Å². The van der Waals surface area contributed by atoms with Gasteiger partial charge in [0.25, 0.3) is 0 Å². The molecule has 1 aliphatic carbocycles. The second kappa shape index (κ2) is 5.80. The van der Waals surface area contributed by atoms with E-state index in [4.69, 9.17) is 0 Å². The lowest BCUT2D eigenvalue weighted by atomic mass is 9.92. The number of rotatable bonds is 3. The molecule has 3 rings (SSSR count). The SMILES string of the molecule is CN1C=CC(C=Cc2ccc(C=O)cc2)=C2C=CC=CC21. The molecule has 0 bridgehead atoms. The van der Waals surface area contributed by atoms with E-state index in [2.05, 4.69) is 60.7 Å². The van der Waals surface area contributed by atoms with Crippen molar-refractivity contribution >= 4 is 12.4 Å². The monoisotopic (exact) mass is 275 g/mol. The first-order valence-corrected chi connectivity index (χ1v) is 7.00. The number of aldehydes is 1. The van der Waals surface area contributed by atoms with Crippen molar-refractivity contribution < 1.29 is 4.79 Å². The van der Waals surface area contributed by atoms with Gasteiger partial charge in [-0.15, -0.1) is 0 Å². The number of hydrogen-bond donors (Lipinski definition) is 0. The number of carbonyl (C=O) groups excluding carboxylic acids is 1. The van der Waals surface area contributed by atoms with Crippen LogP contribution < -0.4 is 0 Å². The van der Waals surface area contributed by atoms with Gasteiger partial charge in [-0.3, -0.25) is 4.79 Å². The lowest BCUT2D eigenvalue weighted by Gasteiger charge is -2.31. The van der Waals surface area contributed by atoms with Crippen LogP contribution in [-0.4, -0.2) is 24.3 Å². The molecule has 2 aliphatic rings. The summed E-state index contributed by atoms with van der Waals surface area (Å²) >= 11 is 0. The summed E-state index contributed by atoms with van der Waals surface area (Å²) in [6.07, 6.45) is 17.8. The Hall–Kier alpha value is -2.61. The molecule has 21 heavy (non-hydrogen) atoms. The van der Waals surface area contributed by atoms with E-state index in [0.29, 0.717) is 11.6 Å². The molecule has 0 amide bonds. The van der Waals surface area contributed by atoms with Crippen LogP contribution in [0.4, 0.5) is 0 Å². The minimum Gasteiger partial charge on any atom is -0.370 e. The predicted octanol–water partition coefficient (Wildman–Crippen LogP) is 3.76. The van der Waals surface area contributed by atoms with Gasteiger partial charge >= 0.3 is 0 Å². The molecule has 0 spiro atoms. The number of carbonyl (C=O) groups is 1. The first kappa shape index (κ1) is 13.4. The summed E-state index contributed by atoms with van der Waals surface area (Å²) in [5.74, 6) is 0. The molecule has 1 unspecified atom stereocenters. The topological polar surface area (TPSA) is 20.3 Å². The maximum absolute atomic E-state index is 10.7. The molecule has 1 atom stereocenters. The Morgan fingerprint density at radius 2 is 1.76 bits per heavy atom. The van der Waals surface area contributed by atoms with Crippen molar-refractivity contribution in [3.05, 3.63) is 89.2 Å². The first-order chi connectivity index (χ1) is 10.3. The Labute approximate surface area is 125 Å². The molecule has 2 heteroatoms. The smallest absolute Gasteiger partial charge is 0.150 e. The second-order valence-electron chi connectivity index (χ2n) is 5.20. The van der Waals surface area contributed by atoms with Crippen molar-refractivity contribution in [1.82, 2.24) is 4.90 Å². The fourth-order valence-electron chi connectivity index (χ4n) is 2.56. The van der Waals surface area contributed by atoms with E-state index >= 15 is 0 Å². The highest BCUT2D eigenvalue weighted by Crippen LogP contribution is 2.26. The Morgan fingerprint density at radius 3 is 2.52 bits per heavy atom. The zero-order valence-electron chi connectivity index (χ0n) is 11.9. The molecule has 0 N–H and O–H groups in total. The van der Waals surface area contributed by atoms with Crippen LogP contribution in [-0.2, 0) is 0 Å². The molecule has 0 aromatic heterocycles. The van der Waals surface area contributed by atoms with E-state index < -0.39 is 0 Å². The van der Waals surface area contributed by atoms with Crippen molar-refractivity contribution in [3.63, 3.8) is 0 Å². The van der Waals surface area contributed by atoms with Crippen molar-refractivity contribution in [1.29, 1.82) is 0 Å². The highest BCUT2D eigenvalue weighted by atomic mass is 16.1. The fourth-order valence-corrected chi connectivity index (χ4v) is 2.56. The molecular formula is C19H17NO. The summed E-state index contributed by atoms with van der Waals surface area (Å²) in [7, 11) is 2.09. The van der Waals surface area contributed by atoms with Gasteiger partial charge in [-0.05, 0) is 22.8 Å². The number of nitrogens with zero attached hydrogens (tertiary/aromatic N) is 1. The fraction of sp³-hybridized carbons (Fsp3) is 0.105. The standard InChI is InChI=1S/C19H17NO/c1-20-13-12-17(18-4-2-3-5-19(18)20)11-10-15-6-8-16(14-21)9-7-15/h2-14,19H,1H3. The third-order valence-corrected chi connectivity index (χ3v) is 3.79. The summed E-state index contributed by atoms with van der Waals surface area (Å²) in [6.45, 7) is 0. The molecule has 2 nitrogen and oxygen atoms in total. The van der Waals surface area contributed by atoms with Gasteiger partial charge in [0.2, 0.25) is 0 Å². The summed E-state index contributed by atoms with van der Waals surface area (Å²) in [4.78, 5) is 12.9. The van der Waals surface area contributed by atoms with Crippen LogP contribution >= 0.6 is 0 Å². The van der Waals surface area contributed by atoms with E-state index in [0.717, 1.165) is 11.8 Å².